The van der Waals surface area contributed by atoms with Crippen LogP contribution < -0.4 is 0 Å². The van der Waals surface area contributed by atoms with Crippen molar-refractivity contribution < 1.29 is 14.6 Å². The van der Waals surface area contributed by atoms with Crippen molar-refractivity contribution in [3.63, 3.8) is 0 Å². The van der Waals surface area contributed by atoms with Crippen LogP contribution in [0.1, 0.15) is 19.8 Å². The monoisotopic (exact) mass is 187 g/mol. The van der Waals surface area contributed by atoms with E-state index in [1.54, 1.807) is 0 Å². The van der Waals surface area contributed by atoms with Crippen molar-refractivity contribution in [2.45, 2.75) is 31.8 Å². The van der Waals surface area contributed by atoms with Crippen LogP contribution in [-0.4, -0.2) is 48.3 Å². The molecule has 2 atom stereocenters. The first kappa shape index (κ1) is 10.5. The second kappa shape index (κ2) is 4.58. The van der Waals surface area contributed by atoms with E-state index in [0.717, 1.165) is 13.0 Å². The molecule has 0 spiro atoms. The van der Waals surface area contributed by atoms with Crippen LogP contribution in [0.15, 0.2) is 0 Å². The molecule has 1 aliphatic heterocycles. The smallest absolute Gasteiger partial charge is 0.320 e. The standard InChI is InChI=1S/C9H17NO3/c1-3-8(9(11)12)10(2)7-4-5-13-6-7/h7-8H,3-6H2,1-2H3,(H,11,12). The summed E-state index contributed by atoms with van der Waals surface area (Å²) in [7, 11) is 1.86. The van der Waals surface area contributed by atoms with Gasteiger partial charge in [0.2, 0.25) is 0 Å². The molecule has 1 heterocycles. The third-order valence-corrected chi connectivity index (χ3v) is 2.64. The summed E-state index contributed by atoms with van der Waals surface area (Å²) in [6, 6.07) is -0.0900. The molecule has 1 aliphatic rings. The van der Waals surface area contributed by atoms with Crippen LogP contribution in [0.4, 0.5) is 0 Å². The zero-order chi connectivity index (χ0) is 9.84. The third kappa shape index (κ3) is 2.42. The highest BCUT2D eigenvalue weighted by atomic mass is 16.5. The number of hydrogen-bond acceptors (Lipinski definition) is 3. The molecule has 0 aromatic carbocycles. The lowest BCUT2D eigenvalue weighted by atomic mass is 10.1. The van der Waals surface area contributed by atoms with Crippen LogP contribution in [0.25, 0.3) is 0 Å². The third-order valence-electron chi connectivity index (χ3n) is 2.64. The van der Waals surface area contributed by atoms with Crippen molar-refractivity contribution in [1.82, 2.24) is 4.90 Å². The summed E-state index contributed by atoms with van der Waals surface area (Å²) < 4.78 is 5.22. The first-order valence-corrected chi connectivity index (χ1v) is 4.69. The first-order valence-electron chi connectivity index (χ1n) is 4.69. The Balaban J connectivity index is 2.51. The van der Waals surface area contributed by atoms with Crippen LogP contribution in [-0.2, 0) is 9.53 Å². The Labute approximate surface area is 78.5 Å². The highest BCUT2D eigenvalue weighted by molar-refractivity contribution is 5.73. The van der Waals surface area contributed by atoms with Gasteiger partial charge in [0.05, 0.1) is 6.61 Å². The average molecular weight is 187 g/mol. The van der Waals surface area contributed by atoms with E-state index in [1.807, 2.05) is 18.9 Å². The van der Waals surface area contributed by atoms with Gasteiger partial charge in [0.1, 0.15) is 6.04 Å². The minimum absolute atomic E-state index is 0.279. The van der Waals surface area contributed by atoms with Gasteiger partial charge in [0.15, 0.2) is 0 Å². The molecule has 1 rings (SSSR count). The molecule has 4 nitrogen and oxygen atoms in total. The van der Waals surface area contributed by atoms with Crippen molar-refractivity contribution in [3.05, 3.63) is 0 Å². The summed E-state index contributed by atoms with van der Waals surface area (Å²) in [6.45, 7) is 3.32. The Kier molecular flexibility index (Phi) is 3.69. The molecule has 13 heavy (non-hydrogen) atoms. The second-order valence-corrected chi connectivity index (χ2v) is 3.45. The summed E-state index contributed by atoms with van der Waals surface area (Å²) in [5.74, 6) is -0.739. The number of carboxylic acid groups (broad SMARTS) is 1. The van der Waals surface area contributed by atoms with E-state index in [0.29, 0.717) is 13.0 Å². The lowest BCUT2D eigenvalue weighted by Gasteiger charge is -2.28. The van der Waals surface area contributed by atoms with E-state index < -0.39 is 5.97 Å². The van der Waals surface area contributed by atoms with E-state index >= 15 is 0 Å². The maximum absolute atomic E-state index is 10.8. The number of ether oxygens (including phenoxy) is 1. The maximum Gasteiger partial charge on any atom is 0.320 e. The molecule has 1 fully saturated rings. The molecule has 76 valence electrons. The van der Waals surface area contributed by atoms with Gasteiger partial charge < -0.3 is 9.84 Å². The Morgan fingerprint density at radius 1 is 1.77 bits per heavy atom. The van der Waals surface area contributed by atoms with Gasteiger partial charge in [-0.1, -0.05) is 6.92 Å². The Morgan fingerprint density at radius 3 is 2.85 bits per heavy atom. The number of carboxylic acids is 1. The number of aliphatic carboxylic acids is 1. The summed E-state index contributed by atoms with van der Waals surface area (Å²) in [6.07, 6.45) is 1.59. The van der Waals surface area contributed by atoms with E-state index in [-0.39, 0.29) is 12.1 Å². The van der Waals surface area contributed by atoms with Crippen molar-refractivity contribution in [2.24, 2.45) is 0 Å². The summed E-state index contributed by atoms with van der Waals surface area (Å²) >= 11 is 0. The normalized spacial score (nSPS) is 25.0. The Bertz CT molecular complexity index is 178. The zero-order valence-electron chi connectivity index (χ0n) is 8.19. The molecule has 0 aromatic rings. The lowest BCUT2D eigenvalue weighted by molar-refractivity contribution is -0.143. The molecule has 0 aromatic heterocycles. The molecule has 4 heteroatoms. The molecule has 0 radical (unpaired) electrons. The molecular weight excluding hydrogens is 170 g/mol. The average Bonchev–Trinajstić information content (AvgIpc) is 2.56. The topological polar surface area (TPSA) is 49.8 Å². The molecule has 0 aliphatic carbocycles. The van der Waals surface area contributed by atoms with Crippen LogP contribution in [0, 0.1) is 0 Å². The van der Waals surface area contributed by atoms with Gasteiger partial charge in [-0.2, -0.15) is 0 Å². The fourth-order valence-electron chi connectivity index (χ4n) is 1.73. The van der Waals surface area contributed by atoms with E-state index in [9.17, 15) is 4.79 Å². The Hall–Kier alpha value is -0.610. The number of carbonyl (C=O) groups is 1. The minimum atomic E-state index is -0.739. The molecular formula is C9H17NO3. The predicted octanol–water partition coefficient (Wildman–Crippen LogP) is 0.570. The van der Waals surface area contributed by atoms with Crippen molar-refractivity contribution >= 4 is 5.97 Å². The summed E-state index contributed by atoms with van der Waals surface area (Å²) in [5.41, 5.74) is 0. The molecule has 0 amide bonds. The SMILES string of the molecule is CCC(C(=O)O)N(C)C1CCOC1. The van der Waals surface area contributed by atoms with Crippen molar-refractivity contribution in [3.8, 4) is 0 Å². The van der Waals surface area contributed by atoms with Gasteiger partial charge in [0, 0.05) is 12.6 Å². The second-order valence-electron chi connectivity index (χ2n) is 3.45. The van der Waals surface area contributed by atoms with Gasteiger partial charge in [-0.25, -0.2) is 0 Å². The number of hydrogen-bond donors (Lipinski definition) is 1. The van der Waals surface area contributed by atoms with E-state index in [1.165, 1.54) is 0 Å². The zero-order valence-corrected chi connectivity index (χ0v) is 8.19. The fourth-order valence-corrected chi connectivity index (χ4v) is 1.73. The van der Waals surface area contributed by atoms with Crippen LogP contribution in [0.3, 0.4) is 0 Å². The van der Waals surface area contributed by atoms with Gasteiger partial charge in [-0.15, -0.1) is 0 Å². The summed E-state index contributed by atoms with van der Waals surface area (Å²) in [5, 5.41) is 8.92. The van der Waals surface area contributed by atoms with Crippen LogP contribution in [0.5, 0.6) is 0 Å². The molecule has 1 N–H and O–H groups in total. The number of likely N-dealkylation sites (N-methyl/N-ethyl adjacent to an activating group) is 1. The number of rotatable bonds is 4. The largest absolute Gasteiger partial charge is 0.480 e. The molecule has 2 unspecified atom stereocenters. The van der Waals surface area contributed by atoms with Crippen LogP contribution in [0.2, 0.25) is 0 Å². The van der Waals surface area contributed by atoms with Gasteiger partial charge >= 0.3 is 5.97 Å². The highest BCUT2D eigenvalue weighted by Crippen LogP contribution is 2.15. The van der Waals surface area contributed by atoms with Gasteiger partial charge in [0.25, 0.3) is 0 Å². The number of nitrogens with zero attached hydrogens (tertiary/aromatic N) is 1. The quantitative estimate of drug-likeness (QED) is 0.699. The van der Waals surface area contributed by atoms with Crippen molar-refractivity contribution in [2.75, 3.05) is 20.3 Å². The summed E-state index contributed by atoms with van der Waals surface area (Å²) in [4.78, 5) is 12.8. The molecule has 1 saturated heterocycles. The van der Waals surface area contributed by atoms with Gasteiger partial charge in [-0.3, -0.25) is 9.69 Å². The van der Waals surface area contributed by atoms with Crippen LogP contribution >= 0.6 is 0 Å². The van der Waals surface area contributed by atoms with Crippen molar-refractivity contribution in [1.29, 1.82) is 0 Å². The fraction of sp³-hybridized carbons (Fsp3) is 0.889. The highest BCUT2D eigenvalue weighted by Gasteiger charge is 2.29. The molecule has 0 bridgehead atoms. The van der Waals surface area contributed by atoms with Gasteiger partial charge in [-0.05, 0) is 19.9 Å². The predicted molar refractivity (Wildman–Crippen MR) is 48.7 cm³/mol. The first-order chi connectivity index (χ1) is 6.16. The van der Waals surface area contributed by atoms with E-state index in [4.69, 9.17) is 9.84 Å². The van der Waals surface area contributed by atoms with E-state index in [2.05, 4.69) is 0 Å². The molecule has 0 saturated carbocycles. The Morgan fingerprint density at radius 2 is 2.46 bits per heavy atom. The maximum atomic E-state index is 10.8. The lowest BCUT2D eigenvalue weighted by Crippen LogP contribution is -2.44. The minimum Gasteiger partial charge on any atom is -0.480 e.